The summed E-state index contributed by atoms with van der Waals surface area (Å²) in [6, 6.07) is 5.40. The fourth-order valence-electron chi connectivity index (χ4n) is 0.913. The second-order valence-corrected chi connectivity index (χ2v) is 5.04. The van der Waals surface area contributed by atoms with E-state index in [0.29, 0.717) is 5.56 Å². The zero-order valence-corrected chi connectivity index (χ0v) is 8.59. The standard InChI is InChI=1S/C7H8O5S2/c8-13(9)7-3-1-6(2-4-7)5-14(10,11)12/h1-4H,5H2,(H,8,9)(H,10,11,12). The fourth-order valence-corrected chi connectivity index (χ4v) is 1.90. The normalized spacial score (nSPS) is 13.9. The molecule has 0 aliphatic rings. The quantitative estimate of drug-likeness (QED) is 0.594. The summed E-state index contributed by atoms with van der Waals surface area (Å²) in [7, 11) is -4.05. The molecule has 2 N–H and O–H groups in total. The summed E-state index contributed by atoms with van der Waals surface area (Å²) in [6.45, 7) is 0. The lowest BCUT2D eigenvalue weighted by Gasteiger charge is -1.99. The first-order chi connectivity index (χ1) is 6.38. The Hall–Kier alpha value is -0.760. The molecule has 0 saturated heterocycles. The van der Waals surface area contributed by atoms with Crippen LogP contribution in [0.4, 0.5) is 0 Å². The Labute approximate surface area is 83.8 Å². The molecule has 14 heavy (non-hydrogen) atoms. The molecule has 0 fully saturated rings. The highest BCUT2D eigenvalue weighted by Crippen LogP contribution is 2.09. The highest BCUT2D eigenvalue weighted by atomic mass is 32.2. The van der Waals surface area contributed by atoms with E-state index in [9.17, 15) is 12.6 Å². The maximum atomic E-state index is 10.5. The van der Waals surface area contributed by atoms with Crippen LogP contribution in [0.3, 0.4) is 0 Å². The van der Waals surface area contributed by atoms with Crippen LogP contribution in [0.15, 0.2) is 29.2 Å². The molecular formula is C7H8O5S2. The molecule has 0 amide bonds. The molecule has 0 heterocycles. The lowest BCUT2D eigenvalue weighted by atomic mass is 10.2. The number of benzene rings is 1. The molecule has 0 bridgehead atoms. The van der Waals surface area contributed by atoms with Gasteiger partial charge in [0, 0.05) is 0 Å². The van der Waals surface area contributed by atoms with E-state index >= 15 is 0 Å². The van der Waals surface area contributed by atoms with Crippen molar-refractivity contribution in [3.63, 3.8) is 0 Å². The van der Waals surface area contributed by atoms with E-state index in [2.05, 4.69) is 0 Å². The van der Waals surface area contributed by atoms with Gasteiger partial charge in [0.05, 0.1) is 4.90 Å². The maximum Gasteiger partial charge on any atom is 0.269 e. The third-order valence-electron chi connectivity index (χ3n) is 1.47. The van der Waals surface area contributed by atoms with Crippen molar-refractivity contribution in [2.45, 2.75) is 10.6 Å². The van der Waals surface area contributed by atoms with E-state index in [1.165, 1.54) is 24.3 Å². The molecule has 5 nitrogen and oxygen atoms in total. The molecule has 7 heteroatoms. The second kappa shape index (κ2) is 4.18. The van der Waals surface area contributed by atoms with Crippen LogP contribution in [-0.2, 0) is 27.0 Å². The van der Waals surface area contributed by atoms with Crippen molar-refractivity contribution in [2.75, 3.05) is 0 Å². The number of rotatable bonds is 3. The van der Waals surface area contributed by atoms with E-state index in [1.54, 1.807) is 0 Å². The number of hydrogen-bond acceptors (Lipinski definition) is 3. The second-order valence-electron chi connectivity index (χ2n) is 2.62. The lowest BCUT2D eigenvalue weighted by Crippen LogP contribution is -2.01. The Balaban J connectivity index is 2.90. The Morgan fingerprint density at radius 1 is 1.21 bits per heavy atom. The third kappa shape index (κ3) is 3.54. The summed E-state index contributed by atoms with van der Waals surface area (Å²) in [5, 5.41) is 0. The third-order valence-corrected chi connectivity index (χ3v) is 2.85. The molecule has 1 aromatic carbocycles. The van der Waals surface area contributed by atoms with Crippen molar-refractivity contribution >= 4 is 21.2 Å². The largest absolute Gasteiger partial charge is 0.302 e. The average molecular weight is 236 g/mol. The van der Waals surface area contributed by atoms with Gasteiger partial charge in [-0.25, -0.2) is 4.21 Å². The van der Waals surface area contributed by atoms with Gasteiger partial charge in [-0.1, -0.05) is 12.1 Å². The molecule has 0 aromatic heterocycles. The molecule has 1 rings (SSSR count). The van der Waals surface area contributed by atoms with Crippen molar-refractivity contribution < 1.29 is 21.7 Å². The first-order valence-electron chi connectivity index (χ1n) is 3.53. The Kier molecular flexibility index (Phi) is 3.38. The van der Waals surface area contributed by atoms with Crippen molar-refractivity contribution in [3.05, 3.63) is 29.8 Å². The first-order valence-corrected chi connectivity index (χ1v) is 6.25. The molecule has 0 aliphatic heterocycles. The lowest BCUT2D eigenvalue weighted by molar-refractivity contribution is 0.482. The van der Waals surface area contributed by atoms with E-state index in [-0.39, 0.29) is 4.90 Å². The van der Waals surface area contributed by atoms with Crippen LogP contribution in [0.25, 0.3) is 0 Å². The van der Waals surface area contributed by atoms with E-state index in [4.69, 9.17) is 9.11 Å². The molecule has 1 aromatic rings. The summed E-state index contributed by atoms with van der Waals surface area (Å²) in [6.07, 6.45) is 0. The minimum Gasteiger partial charge on any atom is -0.302 e. The summed E-state index contributed by atoms with van der Waals surface area (Å²) in [5.74, 6) is -0.495. The predicted octanol–water partition coefficient (Wildman–Crippen LogP) is 0.655. The van der Waals surface area contributed by atoms with Gasteiger partial charge < -0.3 is 4.55 Å². The molecule has 0 saturated carbocycles. The summed E-state index contributed by atoms with van der Waals surface area (Å²) >= 11 is -2.07. The van der Waals surface area contributed by atoms with E-state index in [1.807, 2.05) is 0 Å². The minimum atomic E-state index is -4.05. The maximum absolute atomic E-state index is 10.5. The highest BCUT2D eigenvalue weighted by molar-refractivity contribution is 7.85. The van der Waals surface area contributed by atoms with E-state index in [0.717, 1.165) is 0 Å². The molecule has 1 unspecified atom stereocenters. The van der Waals surface area contributed by atoms with Crippen molar-refractivity contribution in [3.8, 4) is 0 Å². The Morgan fingerprint density at radius 3 is 2.07 bits per heavy atom. The smallest absolute Gasteiger partial charge is 0.269 e. The van der Waals surface area contributed by atoms with Crippen LogP contribution >= 0.6 is 0 Å². The summed E-state index contributed by atoms with van der Waals surface area (Å²) in [4.78, 5) is 0.184. The number of hydrogen-bond donors (Lipinski definition) is 2. The summed E-state index contributed by atoms with van der Waals surface area (Å²) in [5.41, 5.74) is 0.363. The molecular weight excluding hydrogens is 228 g/mol. The zero-order valence-electron chi connectivity index (χ0n) is 6.95. The average Bonchev–Trinajstić information content (AvgIpc) is 2.02. The SMILES string of the molecule is O=S(O)c1ccc(CS(=O)(=O)O)cc1. The van der Waals surface area contributed by atoms with Gasteiger partial charge in [-0.05, 0) is 17.7 Å². The molecule has 0 spiro atoms. The van der Waals surface area contributed by atoms with Gasteiger partial charge in [0.15, 0.2) is 11.1 Å². The predicted molar refractivity (Wildman–Crippen MR) is 50.7 cm³/mol. The molecule has 78 valence electrons. The van der Waals surface area contributed by atoms with Crippen LogP contribution < -0.4 is 0 Å². The van der Waals surface area contributed by atoms with Gasteiger partial charge in [-0.3, -0.25) is 4.55 Å². The summed E-state index contributed by atoms with van der Waals surface area (Å²) < 4.78 is 48.6. The van der Waals surface area contributed by atoms with Crippen LogP contribution in [0.2, 0.25) is 0 Å². The molecule has 1 atom stereocenters. The van der Waals surface area contributed by atoms with Crippen molar-refractivity contribution in [1.82, 2.24) is 0 Å². The molecule has 0 aliphatic carbocycles. The van der Waals surface area contributed by atoms with Crippen LogP contribution in [0, 0.1) is 0 Å². The van der Waals surface area contributed by atoms with Gasteiger partial charge in [0.2, 0.25) is 0 Å². The van der Waals surface area contributed by atoms with Gasteiger partial charge >= 0.3 is 0 Å². The topological polar surface area (TPSA) is 91.7 Å². The van der Waals surface area contributed by atoms with Crippen LogP contribution in [0.5, 0.6) is 0 Å². The van der Waals surface area contributed by atoms with Gasteiger partial charge in [0.1, 0.15) is 5.75 Å². The van der Waals surface area contributed by atoms with Gasteiger partial charge in [-0.2, -0.15) is 8.42 Å². The first kappa shape index (κ1) is 11.3. The Bertz CT molecular complexity index is 434. The Morgan fingerprint density at radius 2 is 1.71 bits per heavy atom. The highest BCUT2D eigenvalue weighted by Gasteiger charge is 2.07. The fraction of sp³-hybridized carbons (Fsp3) is 0.143. The minimum absolute atomic E-state index is 0.184. The van der Waals surface area contributed by atoms with E-state index < -0.39 is 27.0 Å². The van der Waals surface area contributed by atoms with Crippen molar-refractivity contribution in [2.24, 2.45) is 0 Å². The van der Waals surface area contributed by atoms with Gasteiger partial charge in [0.25, 0.3) is 10.1 Å². The van der Waals surface area contributed by atoms with Crippen LogP contribution in [0.1, 0.15) is 5.56 Å². The van der Waals surface area contributed by atoms with Gasteiger partial charge in [-0.15, -0.1) is 0 Å². The van der Waals surface area contributed by atoms with Crippen LogP contribution in [-0.4, -0.2) is 21.7 Å². The monoisotopic (exact) mass is 236 g/mol. The van der Waals surface area contributed by atoms with Crippen molar-refractivity contribution in [1.29, 1.82) is 0 Å². The zero-order chi connectivity index (χ0) is 10.8. The molecule has 0 radical (unpaired) electrons.